The lowest BCUT2D eigenvalue weighted by Crippen LogP contribution is -2.20. The zero-order valence-corrected chi connectivity index (χ0v) is 12.6. The van der Waals surface area contributed by atoms with Gasteiger partial charge in [0.2, 0.25) is 0 Å². The van der Waals surface area contributed by atoms with Crippen molar-refractivity contribution in [2.45, 2.75) is 25.8 Å². The van der Waals surface area contributed by atoms with Gasteiger partial charge in [0.05, 0.1) is 10.9 Å². The Labute approximate surface area is 128 Å². The van der Waals surface area contributed by atoms with E-state index in [4.69, 9.17) is 26.2 Å². The maximum absolute atomic E-state index is 11.1. The van der Waals surface area contributed by atoms with Crippen LogP contribution in [0.4, 0.5) is 0 Å². The van der Waals surface area contributed by atoms with Crippen LogP contribution in [0.25, 0.3) is 0 Å². The summed E-state index contributed by atoms with van der Waals surface area (Å²) in [5.74, 6) is 0.210. The Morgan fingerprint density at radius 2 is 2.14 bits per heavy atom. The summed E-state index contributed by atoms with van der Waals surface area (Å²) < 4.78 is 11.3. The van der Waals surface area contributed by atoms with Gasteiger partial charge in [-0.3, -0.25) is 4.79 Å². The van der Waals surface area contributed by atoms with E-state index in [2.05, 4.69) is 12.2 Å². The van der Waals surface area contributed by atoms with Gasteiger partial charge in [-0.05, 0) is 24.5 Å². The van der Waals surface area contributed by atoms with Crippen LogP contribution < -0.4 is 14.8 Å². The van der Waals surface area contributed by atoms with Crippen molar-refractivity contribution in [2.24, 2.45) is 5.92 Å². The van der Waals surface area contributed by atoms with E-state index in [9.17, 15) is 4.79 Å². The minimum atomic E-state index is -0.758. The maximum Gasteiger partial charge on any atom is 0.307 e. The summed E-state index contributed by atoms with van der Waals surface area (Å²) >= 11 is 6.30. The van der Waals surface area contributed by atoms with Gasteiger partial charge in [0.15, 0.2) is 11.5 Å². The summed E-state index contributed by atoms with van der Waals surface area (Å²) in [5.41, 5.74) is 2.08. The molecule has 0 spiro atoms. The van der Waals surface area contributed by atoms with Crippen LogP contribution in [0.1, 0.15) is 30.5 Å². The van der Waals surface area contributed by atoms with Crippen LogP contribution in [0.15, 0.2) is 6.07 Å². The smallest absolute Gasteiger partial charge is 0.307 e. The molecular formula is C15H18ClNO4. The lowest BCUT2D eigenvalue weighted by Gasteiger charge is -2.26. The fraction of sp³-hybridized carbons (Fsp3) is 0.533. The van der Waals surface area contributed by atoms with E-state index >= 15 is 0 Å². The number of hydrogen-bond acceptors (Lipinski definition) is 4. The van der Waals surface area contributed by atoms with Gasteiger partial charge in [-0.2, -0.15) is 0 Å². The number of fused-ring (bicyclic) bond motifs is 1. The summed E-state index contributed by atoms with van der Waals surface area (Å²) in [6.45, 7) is 3.54. The third-order valence-corrected chi connectivity index (χ3v) is 4.39. The van der Waals surface area contributed by atoms with E-state index in [0.717, 1.165) is 17.5 Å². The lowest BCUT2D eigenvalue weighted by molar-refractivity contribution is -0.141. The molecule has 2 atom stereocenters. The Balaban J connectivity index is 1.99. The van der Waals surface area contributed by atoms with Gasteiger partial charge < -0.3 is 19.9 Å². The van der Waals surface area contributed by atoms with E-state index in [0.29, 0.717) is 42.7 Å². The van der Waals surface area contributed by atoms with Crippen molar-refractivity contribution in [1.82, 2.24) is 5.32 Å². The number of carboxylic acid groups (broad SMARTS) is 1. The summed E-state index contributed by atoms with van der Waals surface area (Å²) in [4.78, 5) is 11.1. The summed E-state index contributed by atoms with van der Waals surface area (Å²) in [6.07, 6.45) is 1.35. The van der Waals surface area contributed by atoms with Crippen molar-refractivity contribution in [1.29, 1.82) is 0 Å². The van der Waals surface area contributed by atoms with Crippen LogP contribution in [-0.4, -0.2) is 30.8 Å². The minimum absolute atomic E-state index is 0.00521. The van der Waals surface area contributed by atoms with E-state index in [1.807, 2.05) is 6.07 Å². The predicted octanol–water partition coefficient (Wildman–Crippen LogP) is 2.41. The normalized spacial score (nSPS) is 24.1. The van der Waals surface area contributed by atoms with Gasteiger partial charge in [0, 0.05) is 18.2 Å². The summed E-state index contributed by atoms with van der Waals surface area (Å²) in [6, 6.07) is 1.88. The van der Waals surface area contributed by atoms with Crippen molar-refractivity contribution in [3.63, 3.8) is 0 Å². The molecule has 2 aliphatic heterocycles. The van der Waals surface area contributed by atoms with Crippen LogP contribution >= 0.6 is 11.6 Å². The first-order valence-electron chi connectivity index (χ1n) is 7.18. The highest BCUT2D eigenvalue weighted by atomic mass is 35.5. The van der Waals surface area contributed by atoms with Crippen LogP contribution in [0.5, 0.6) is 11.5 Å². The molecule has 0 bridgehead atoms. The topological polar surface area (TPSA) is 67.8 Å². The highest BCUT2D eigenvalue weighted by Gasteiger charge is 2.33. The van der Waals surface area contributed by atoms with E-state index in [1.54, 1.807) is 0 Å². The maximum atomic E-state index is 11.1. The fourth-order valence-electron chi connectivity index (χ4n) is 3.08. The molecule has 6 heteroatoms. The van der Waals surface area contributed by atoms with Crippen molar-refractivity contribution in [2.75, 3.05) is 19.8 Å². The molecule has 1 fully saturated rings. The molecule has 2 aliphatic rings. The molecule has 1 aromatic carbocycles. The SMILES string of the molecule is CCc1c(C2CC(C(=O)O)CN2)cc(Cl)c2c1OCCO2. The molecule has 2 N–H and O–H groups in total. The number of carboxylic acids is 1. The number of halogens is 1. The number of aliphatic carboxylic acids is 1. The Bertz CT molecular complexity index is 575. The molecule has 0 aromatic heterocycles. The number of benzene rings is 1. The van der Waals surface area contributed by atoms with Crippen molar-refractivity contribution in [3.05, 3.63) is 22.2 Å². The second-order valence-electron chi connectivity index (χ2n) is 5.37. The molecule has 21 heavy (non-hydrogen) atoms. The lowest BCUT2D eigenvalue weighted by atomic mass is 9.93. The third kappa shape index (κ3) is 2.56. The van der Waals surface area contributed by atoms with E-state index in [1.165, 1.54) is 0 Å². The molecule has 114 valence electrons. The average Bonchev–Trinajstić information content (AvgIpc) is 2.97. The van der Waals surface area contributed by atoms with Gasteiger partial charge >= 0.3 is 5.97 Å². The molecule has 5 nitrogen and oxygen atoms in total. The van der Waals surface area contributed by atoms with E-state index < -0.39 is 5.97 Å². The molecule has 0 amide bonds. The Hall–Kier alpha value is -1.46. The number of nitrogens with one attached hydrogen (secondary N) is 1. The molecule has 0 radical (unpaired) electrons. The number of rotatable bonds is 3. The van der Waals surface area contributed by atoms with Gasteiger partial charge in [-0.1, -0.05) is 18.5 Å². The van der Waals surface area contributed by atoms with E-state index in [-0.39, 0.29) is 12.0 Å². The van der Waals surface area contributed by atoms with Crippen molar-refractivity contribution in [3.8, 4) is 11.5 Å². The predicted molar refractivity (Wildman–Crippen MR) is 78.3 cm³/mol. The molecular weight excluding hydrogens is 294 g/mol. The van der Waals surface area contributed by atoms with Gasteiger partial charge in [-0.25, -0.2) is 0 Å². The largest absolute Gasteiger partial charge is 0.486 e. The summed E-state index contributed by atoms with van der Waals surface area (Å²) in [5, 5.41) is 12.9. The minimum Gasteiger partial charge on any atom is -0.486 e. The molecule has 1 saturated heterocycles. The van der Waals surface area contributed by atoms with Crippen molar-refractivity contribution >= 4 is 17.6 Å². The molecule has 2 heterocycles. The highest BCUT2D eigenvalue weighted by Crippen LogP contribution is 2.45. The number of carbonyl (C=O) groups is 1. The Kier molecular flexibility index (Phi) is 3.95. The van der Waals surface area contributed by atoms with Crippen molar-refractivity contribution < 1.29 is 19.4 Å². The average molecular weight is 312 g/mol. The Morgan fingerprint density at radius 3 is 2.76 bits per heavy atom. The first-order chi connectivity index (χ1) is 10.1. The van der Waals surface area contributed by atoms with Crippen LogP contribution in [-0.2, 0) is 11.2 Å². The standard InChI is InChI=1S/C15H18ClNO4/c1-2-9-10(12-5-8(7-17-12)15(18)19)6-11(16)14-13(9)20-3-4-21-14/h6,8,12,17H,2-5,7H2,1H3,(H,18,19). The second kappa shape index (κ2) is 5.73. The second-order valence-corrected chi connectivity index (χ2v) is 5.77. The first-order valence-corrected chi connectivity index (χ1v) is 7.56. The van der Waals surface area contributed by atoms with Crippen LogP contribution in [0.2, 0.25) is 5.02 Å². The number of hydrogen-bond donors (Lipinski definition) is 2. The zero-order chi connectivity index (χ0) is 15.0. The molecule has 0 saturated carbocycles. The molecule has 1 aromatic rings. The first kappa shape index (κ1) is 14.5. The summed E-state index contributed by atoms with van der Waals surface area (Å²) in [7, 11) is 0. The van der Waals surface area contributed by atoms with Crippen LogP contribution in [0.3, 0.4) is 0 Å². The molecule has 0 aliphatic carbocycles. The molecule has 2 unspecified atom stereocenters. The monoisotopic (exact) mass is 311 g/mol. The zero-order valence-electron chi connectivity index (χ0n) is 11.8. The fourth-order valence-corrected chi connectivity index (χ4v) is 3.33. The Morgan fingerprint density at radius 1 is 1.43 bits per heavy atom. The number of ether oxygens (including phenoxy) is 2. The van der Waals surface area contributed by atoms with Gasteiger partial charge in [0.25, 0.3) is 0 Å². The third-order valence-electron chi connectivity index (χ3n) is 4.11. The van der Waals surface area contributed by atoms with Crippen LogP contribution in [0, 0.1) is 5.92 Å². The van der Waals surface area contributed by atoms with Gasteiger partial charge in [0.1, 0.15) is 13.2 Å². The highest BCUT2D eigenvalue weighted by molar-refractivity contribution is 6.32. The quantitative estimate of drug-likeness (QED) is 0.897. The van der Waals surface area contributed by atoms with Gasteiger partial charge in [-0.15, -0.1) is 0 Å². The molecule has 3 rings (SSSR count).